The van der Waals surface area contributed by atoms with Crippen LogP contribution < -0.4 is 10.5 Å². The first kappa shape index (κ1) is 14.9. The Morgan fingerprint density at radius 3 is 2.47 bits per heavy atom. The van der Waals surface area contributed by atoms with Gasteiger partial charge in [0, 0.05) is 11.6 Å². The second-order valence-electron chi connectivity index (χ2n) is 4.81. The van der Waals surface area contributed by atoms with Crippen molar-refractivity contribution in [2.45, 2.75) is 30.6 Å². The minimum atomic E-state index is -3.69. The van der Waals surface area contributed by atoms with Gasteiger partial charge in [0.05, 0.1) is 10.7 Å². The van der Waals surface area contributed by atoms with E-state index in [4.69, 9.17) is 28.9 Å². The fourth-order valence-electron chi connectivity index (χ4n) is 2.38. The van der Waals surface area contributed by atoms with E-state index in [0.29, 0.717) is 17.5 Å². The van der Waals surface area contributed by atoms with Crippen molar-refractivity contribution in [3.63, 3.8) is 0 Å². The lowest BCUT2D eigenvalue weighted by Gasteiger charge is -2.14. The fraction of sp³-hybridized carbons (Fsp3) is 0.500. The van der Waals surface area contributed by atoms with E-state index in [9.17, 15) is 8.42 Å². The van der Waals surface area contributed by atoms with Crippen molar-refractivity contribution in [2.75, 3.05) is 12.3 Å². The van der Waals surface area contributed by atoms with Crippen molar-refractivity contribution in [3.8, 4) is 0 Å². The molecule has 0 unspecified atom stereocenters. The van der Waals surface area contributed by atoms with Crippen LogP contribution in [0, 0.1) is 5.92 Å². The summed E-state index contributed by atoms with van der Waals surface area (Å²) < 4.78 is 27.0. The maximum Gasteiger partial charge on any atom is 0.244 e. The second kappa shape index (κ2) is 5.87. The summed E-state index contributed by atoms with van der Waals surface area (Å²) in [5, 5.41) is 0.362. The van der Waals surface area contributed by atoms with E-state index in [1.807, 2.05) is 0 Å². The largest absolute Gasteiger partial charge is 0.398 e. The van der Waals surface area contributed by atoms with Gasteiger partial charge in [-0.15, -0.1) is 0 Å². The lowest BCUT2D eigenvalue weighted by atomic mass is 10.1. The fourth-order valence-corrected chi connectivity index (χ4v) is 4.48. The minimum absolute atomic E-state index is 0.0453. The summed E-state index contributed by atoms with van der Waals surface area (Å²) in [5.74, 6) is 0.405. The third-order valence-electron chi connectivity index (χ3n) is 3.34. The standard InChI is InChI=1S/C12H16Cl2N2O2S/c13-9-5-10(14)12(11(15)6-9)19(17,18)16-7-8-3-1-2-4-8/h5-6,8,16H,1-4,7,15H2. The predicted molar refractivity (Wildman–Crippen MR) is 78.0 cm³/mol. The highest BCUT2D eigenvalue weighted by Crippen LogP contribution is 2.31. The van der Waals surface area contributed by atoms with Crippen molar-refractivity contribution < 1.29 is 8.42 Å². The van der Waals surface area contributed by atoms with Crippen LogP contribution in [-0.2, 0) is 10.0 Å². The Labute approximate surface area is 123 Å². The van der Waals surface area contributed by atoms with Crippen LogP contribution in [-0.4, -0.2) is 15.0 Å². The Balaban J connectivity index is 2.19. The molecule has 2 rings (SSSR count). The summed E-state index contributed by atoms with van der Waals surface area (Å²) in [7, 11) is -3.69. The Kier molecular flexibility index (Phi) is 4.61. The molecule has 1 fully saturated rings. The molecule has 4 nitrogen and oxygen atoms in total. The number of rotatable bonds is 4. The number of nitrogen functional groups attached to an aromatic ring is 1. The molecule has 1 saturated carbocycles. The molecule has 0 saturated heterocycles. The highest BCUT2D eigenvalue weighted by atomic mass is 35.5. The Bertz CT molecular complexity index is 546. The maximum absolute atomic E-state index is 12.2. The van der Waals surface area contributed by atoms with Gasteiger partial charge in [-0.25, -0.2) is 13.1 Å². The van der Waals surface area contributed by atoms with E-state index < -0.39 is 10.0 Å². The average Bonchev–Trinajstić information content (AvgIpc) is 2.77. The number of nitrogens with one attached hydrogen (secondary N) is 1. The highest BCUT2D eigenvalue weighted by Gasteiger charge is 2.24. The first-order valence-corrected chi connectivity index (χ1v) is 8.38. The van der Waals surface area contributed by atoms with Crippen LogP contribution in [0.15, 0.2) is 17.0 Å². The van der Waals surface area contributed by atoms with Gasteiger partial charge in [-0.1, -0.05) is 36.0 Å². The molecule has 0 spiro atoms. The smallest absolute Gasteiger partial charge is 0.244 e. The third-order valence-corrected chi connectivity index (χ3v) is 5.51. The molecule has 3 N–H and O–H groups in total. The normalized spacial score (nSPS) is 16.9. The van der Waals surface area contributed by atoms with Crippen LogP contribution in [0.1, 0.15) is 25.7 Å². The summed E-state index contributed by atoms with van der Waals surface area (Å²) >= 11 is 11.7. The molecule has 0 atom stereocenters. The van der Waals surface area contributed by atoms with Crippen LogP contribution in [0.5, 0.6) is 0 Å². The molecule has 0 bridgehead atoms. The van der Waals surface area contributed by atoms with Crippen LogP contribution in [0.4, 0.5) is 5.69 Å². The van der Waals surface area contributed by atoms with E-state index >= 15 is 0 Å². The quantitative estimate of drug-likeness (QED) is 0.837. The van der Waals surface area contributed by atoms with Crippen LogP contribution in [0.25, 0.3) is 0 Å². The molecule has 1 aromatic rings. The second-order valence-corrected chi connectivity index (χ2v) is 7.36. The van der Waals surface area contributed by atoms with Crippen molar-refractivity contribution in [3.05, 3.63) is 22.2 Å². The van der Waals surface area contributed by atoms with Crippen LogP contribution in [0.3, 0.4) is 0 Å². The molecular weight excluding hydrogens is 307 g/mol. The zero-order valence-corrected chi connectivity index (χ0v) is 12.7. The SMILES string of the molecule is Nc1cc(Cl)cc(Cl)c1S(=O)(=O)NCC1CCCC1. The molecule has 0 heterocycles. The summed E-state index contributed by atoms with van der Waals surface area (Å²) in [5.41, 5.74) is 5.77. The topological polar surface area (TPSA) is 72.2 Å². The van der Waals surface area contributed by atoms with Gasteiger partial charge in [0.25, 0.3) is 0 Å². The molecule has 1 aromatic carbocycles. The van der Waals surface area contributed by atoms with Gasteiger partial charge in [0.2, 0.25) is 10.0 Å². The van der Waals surface area contributed by atoms with E-state index in [0.717, 1.165) is 25.7 Å². The lowest BCUT2D eigenvalue weighted by molar-refractivity contribution is 0.520. The zero-order valence-electron chi connectivity index (χ0n) is 10.3. The first-order chi connectivity index (χ1) is 8.90. The predicted octanol–water partition coefficient (Wildman–Crippen LogP) is 3.04. The van der Waals surface area contributed by atoms with Gasteiger partial charge in [0.1, 0.15) is 4.90 Å². The van der Waals surface area contributed by atoms with Crippen LogP contribution >= 0.6 is 23.2 Å². The summed E-state index contributed by atoms with van der Waals surface area (Å²) in [6.45, 7) is 0.431. The molecule has 106 valence electrons. The van der Waals surface area contributed by atoms with Crippen molar-refractivity contribution in [1.82, 2.24) is 4.72 Å². The first-order valence-electron chi connectivity index (χ1n) is 6.14. The maximum atomic E-state index is 12.2. The molecule has 19 heavy (non-hydrogen) atoms. The number of benzene rings is 1. The number of hydrogen-bond acceptors (Lipinski definition) is 3. The van der Waals surface area contributed by atoms with Gasteiger partial charge in [0.15, 0.2) is 0 Å². The Hall–Kier alpha value is -0.490. The Morgan fingerprint density at radius 1 is 1.26 bits per heavy atom. The van der Waals surface area contributed by atoms with Gasteiger partial charge < -0.3 is 5.73 Å². The van der Waals surface area contributed by atoms with Crippen molar-refractivity contribution in [2.24, 2.45) is 5.92 Å². The van der Waals surface area contributed by atoms with E-state index in [1.54, 1.807) is 0 Å². The highest BCUT2D eigenvalue weighted by molar-refractivity contribution is 7.89. The third kappa shape index (κ3) is 3.54. The molecule has 7 heteroatoms. The lowest BCUT2D eigenvalue weighted by Crippen LogP contribution is -2.29. The molecule has 0 amide bonds. The van der Waals surface area contributed by atoms with Gasteiger partial charge in [-0.3, -0.25) is 0 Å². The van der Waals surface area contributed by atoms with E-state index in [2.05, 4.69) is 4.72 Å². The summed E-state index contributed by atoms with van der Waals surface area (Å²) in [6, 6.07) is 2.77. The molecular formula is C12H16Cl2N2O2S. The summed E-state index contributed by atoms with van der Waals surface area (Å²) in [6.07, 6.45) is 4.45. The number of nitrogens with two attached hydrogens (primary N) is 1. The number of sulfonamides is 1. The number of hydrogen-bond donors (Lipinski definition) is 2. The van der Waals surface area contributed by atoms with E-state index in [-0.39, 0.29) is 15.6 Å². The Morgan fingerprint density at radius 2 is 1.89 bits per heavy atom. The average molecular weight is 323 g/mol. The van der Waals surface area contributed by atoms with Gasteiger partial charge >= 0.3 is 0 Å². The molecule has 1 aliphatic rings. The molecule has 0 radical (unpaired) electrons. The zero-order chi connectivity index (χ0) is 14.0. The summed E-state index contributed by atoms with van der Waals surface area (Å²) in [4.78, 5) is -0.0865. The number of halogens is 2. The monoisotopic (exact) mass is 322 g/mol. The van der Waals surface area contributed by atoms with E-state index in [1.165, 1.54) is 12.1 Å². The molecule has 1 aliphatic carbocycles. The number of anilines is 1. The minimum Gasteiger partial charge on any atom is -0.398 e. The van der Waals surface area contributed by atoms with Gasteiger partial charge in [-0.2, -0.15) is 0 Å². The van der Waals surface area contributed by atoms with Crippen molar-refractivity contribution in [1.29, 1.82) is 0 Å². The van der Waals surface area contributed by atoms with Gasteiger partial charge in [-0.05, 0) is 30.9 Å². The van der Waals surface area contributed by atoms with Crippen molar-refractivity contribution >= 4 is 38.9 Å². The molecule has 0 aliphatic heterocycles. The molecule has 0 aromatic heterocycles. The van der Waals surface area contributed by atoms with Crippen LogP contribution in [0.2, 0.25) is 10.0 Å².